The Balaban J connectivity index is 0.000000815. The summed E-state index contributed by atoms with van der Waals surface area (Å²) in [6.07, 6.45) is 6.98. The van der Waals surface area contributed by atoms with Gasteiger partial charge in [0.05, 0.1) is 18.8 Å². The van der Waals surface area contributed by atoms with Crippen molar-refractivity contribution in [2.24, 2.45) is 11.3 Å². The number of nitrogens with zero attached hydrogens (tertiary/aromatic N) is 3. The Labute approximate surface area is 145 Å². The summed E-state index contributed by atoms with van der Waals surface area (Å²) in [5.74, 6) is 0.554. The molecule has 2 aromatic rings. The van der Waals surface area contributed by atoms with Gasteiger partial charge in [0.15, 0.2) is 0 Å². The van der Waals surface area contributed by atoms with E-state index in [4.69, 9.17) is 4.74 Å². The van der Waals surface area contributed by atoms with Crippen LogP contribution >= 0.6 is 0 Å². The highest BCUT2D eigenvalue weighted by atomic mass is 16.5. The fourth-order valence-electron chi connectivity index (χ4n) is 4.32. The van der Waals surface area contributed by atoms with Crippen molar-refractivity contribution in [1.29, 1.82) is 0 Å². The topological polar surface area (TPSA) is 39.9 Å². The molecule has 1 aliphatic heterocycles. The SMILES string of the molecule is CC.Cc1ccc(CC2CCC3(C)COC23Cn2cncn2)cc1. The lowest BCUT2D eigenvalue weighted by atomic mass is 9.67. The number of hydrogen-bond acceptors (Lipinski definition) is 3. The molecule has 1 aromatic heterocycles. The summed E-state index contributed by atoms with van der Waals surface area (Å²) in [6.45, 7) is 10.2. The number of benzene rings is 1. The van der Waals surface area contributed by atoms with E-state index in [9.17, 15) is 0 Å². The summed E-state index contributed by atoms with van der Waals surface area (Å²) in [5, 5.41) is 4.30. The van der Waals surface area contributed by atoms with Crippen LogP contribution in [0, 0.1) is 18.3 Å². The Kier molecular flexibility index (Phi) is 4.77. The van der Waals surface area contributed by atoms with Gasteiger partial charge in [-0.05, 0) is 37.7 Å². The second-order valence-electron chi connectivity index (χ2n) is 7.26. The lowest BCUT2D eigenvalue weighted by Gasteiger charge is -2.56. The second kappa shape index (κ2) is 6.67. The van der Waals surface area contributed by atoms with E-state index in [2.05, 4.69) is 48.2 Å². The minimum atomic E-state index is -0.0778. The van der Waals surface area contributed by atoms with Crippen molar-refractivity contribution in [3.8, 4) is 0 Å². The molecule has 2 heterocycles. The standard InChI is InChI=1S/C18H23N3O.C2H6/c1-14-3-5-15(6-4-14)9-16-7-8-17(2)11-22-18(16,17)10-21-13-19-12-20-21;1-2/h3-6,12-13,16H,7-11H2,1-2H3;1-2H3. The summed E-state index contributed by atoms with van der Waals surface area (Å²) in [6, 6.07) is 8.92. The van der Waals surface area contributed by atoms with Crippen LogP contribution in [-0.4, -0.2) is 27.0 Å². The Morgan fingerprint density at radius 3 is 2.58 bits per heavy atom. The number of fused-ring (bicyclic) bond motifs is 1. The minimum absolute atomic E-state index is 0.0778. The molecule has 4 heteroatoms. The van der Waals surface area contributed by atoms with E-state index in [0.717, 1.165) is 19.6 Å². The molecular formula is C20H29N3O. The average molecular weight is 327 g/mol. The fraction of sp³-hybridized carbons (Fsp3) is 0.600. The number of aryl methyl sites for hydroxylation is 1. The zero-order chi connectivity index (χ0) is 17.2. The summed E-state index contributed by atoms with van der Waals surface area (Å²) in [5.41, 5.74) is 2.94. The molecule has 1 saturated carbocycles. The fourth-order valence-corrected chi connectivity index (χ4v) is 4.32. The third-order valence-corrected chi connectivity index (χ3v) is 5.84. The molecule has 0 radical (unpaired) electrons. The monoisotopic (exact) mass is 327 g/mol. The van der Waals surface area contributed by atoms with E-state index in [1.54, 1.807) is 12.7 Å². The average Bonchev–Trinajstić information content (AvgIpc) is 3.17. The van der Waals surface area contributed by atoms with E-state index >= 15 is 0 Å². The van der Waals surface area contributed by atoms with Crippen molar-refractivity contribution >= 4 is 0 Å². The van der Waals surface area contributed by atoms with Gasteiger partial charge in [-0.1, -0.05) is 50.6 Å². The van der Waals surface area contributed by atoms with Gasteiger partial charge < -0.3 is 4.74 Å². The molecule has 130 valence electrons. The minimum Gasteiger partial charge on any atom is -0.371 e. The van der Waals surface area contributed by atoms with Crippen molar-refractivity contribution in [2.45, 2.75) is 59.1 Å². The lowest BCUT2D eigenvalue weighted by Crippen LogP contribution is -2.63. The first kappa shape index (κ1) is 17.2. The third kappa shape index (κ3) is 2.77. The van der Waals surface area contributed by atoms with E-state index < -0.39 is 0 Å². The van der Waals surface area contributed by atoms with Crippen LogP contribution in [0.25, 0.3) is 0 Å². The quantitative estimate of drug-likeness (QED) is 0.851. The maximum Gasteiger partial charge on any atom is 0.137 e. The maximum absolute atomic E-state index is 6.24. The first-order chi connectivity index (χ1) is 11.6. The molecule has 24 heavy (non-hydrogen) atoms. The predicted octanol–water partition coefficient (Wildman–Crippen LogP) is 4.04. The van der Waals surface area contributed by atoms with Crippen LogP contribution in [0.15, 0.2) is 36.9 Å². The van der Waals surface area contributed by atoms with Crippen LogP contribution in [0.4, 0.5) is 0 Å². The smallest absolute Gasteiger partial charge is 0.137 e. The van der Waals surface area contributed by atoms with Gasteiger partial charge in [0.25, 0.3) is 0 Å². The molecule has 1 aliphatic carbocycles. The van der Waals surface area contributed by atoms with E-state index in [-0.39, 0.29) is 11.0 Å². The third-order valence-electron chi connectivity index (χ3n) is 5.84. The summed E-state index contributed by atoms with van der Waals surface area (Å²) >= 11 is 0. The highest BCUT2D eigenvalue weighted by Crippen LogP contribution is 2.60. The molecule has 0 N–H and O–H groups in total. The van der Waals surface area contributed by atoms with Crippen molar-refractivity contribution in [3.63, 3.8) is 0 Å². The van der Waals surface area contributed by atoms with Crippen LogP contribution in [-0.2, 0) is 17.7 Å². The molecule has 0 amide bonds. The Morgan fingerprint density at radius 2 is 2.00 bits per heavy atom. The largest absolute Gasteiger partial charge is 0.371 e. The van der Waals surface area contributed by atoms with E-state index in [1.165, 1.54) is 24.0 Å². The van der Waals surface area contributed by atoms with Crippen molar-refractivity contribution < 1.29 is 4.74 Å². The van der Waals surface area contributed by atoms with Crippen LogP contribution < -0.4 is 0 Å². The Morgan fingerprint density at radius 1 is 1.25 bits per heavy atom. The van der Waals surface area contributed by atoms with Crippen molar-refractivity contribution in [3.05, 3.63) is 48.0 Å². The molecular weight excluding hydrogens is 298 g/mol. The molecule has 0 bridgehead atoms. The summed E-state index contributed by atoms with van der Waals surface area (Å²) < 4.78 is 8.17. The molecule has 4 rings (SSSR count). The number of ether oxygens (including phenoxy) is 1. The van der Waals surface area contributed by atoms with Gasteiger partial charge in [-0.25, -0.2) is 4.98 Å². The highest BCUT2D eigenvalue weighted by molar-refractivity contribution is 5.24. The second-order valence-corrected chi connectivity index (χ2v) is 7.26. The molecule has 0 spiro atoms. The van der Waals surface area contributed by atoms with Crippen molar-refractivity contribution in [1.82, 2.24) is 14.8 Å². The van der Waals surface area contributed by atoms with Gasteiger partial charge in [0.1, 0.15) is 12.7 Å². The van der Waals surface area contributed by atoms with Gasteiger partial charge in [-0.3, -0.25) is 4.68 Å². The maximum atomic E-state index is 6.24. The number of hydrogen-bond donors (Lipinski definition) is 0. The number of aromatic nitrogens is 3. The molecule has 3 unspecified atom stereocenters. The van der Waals surface area contributed by atoms with Crippen molar-refractivity contribution in [2.75, 3.05) is 6.61 Å². The van der Waals surface area contributed by atoms with Crippen LogP contribution in [0.2, 0.25) is 0 Å². The van der Waals surface area contributed by atoms with Gasteiger partial charge in [-0.2, -0.15) is 5.10 Å². The number of rotatable bonds is 4. The molecule has 1 saturated heterocycles. The zero-order valence-electron chi connectivity index (χ0n) is 15.3. The lowest BCUT2D eigenvalue weighted by molar-refractivity contribution is -0.268. The normalized spacial score (nSPS) is 30.9. The Hall–Kier alpha value is -1.68. The molecule has 4 nitrogen and oxygen atoms in total. The molecule has 2 fully saturated rings. The van der Waals surface area contributed by atoms with Crippen LogP contribution in [0.3, 0.4) is 0 Å². The Bertz CT molecular complexity index is 652. The summed E-state index contributed by atoms with van der Waals surface area (Å²) in [4.78, 5) is 4.08. The van der Waals surface area contributed by atoms with Gasteiger partial charge in [0.2, 0.25) is 0 Å². The summed E-state index contributed by atoms with van der Waals surface area (Å²) in [7, 11) is 0. The van der Waals surface area contributed by atoms with Gasteiger partial charge in [-0.15, -0.1) is 0 Å². The zero-order valence-corrected chi connectivity index (χ0v) is 15.3. The molecule has 2 aliphatic rings. The van der Waals surface area contributed by atoms with Crippen LogP contribution in [0.5, 0.6) is 0 Å². The van der Waals surface area contributed by atoms with E-state index in [1.807, 2.05) is 18.5 Å². The first-order valence-electron chi connectivity index (χ1n) is 9.13. The highest BCUT2D eigenvalue weighted by Gasteiger charge is 2.65. The first-order valence-corrected chi connectivity index (χ1v) is 9.13. The van der Waals surface area contributed by atoms with E-state index in [0.29, 0.717) is 5.92 Å². The van der Waals surface area contributed by atoms with Gasteiger partial charge in [0, 0.05) is 5.41 Å². The molecule has 1 aromatic carbocycles. The van der Waals surface area contributed by atoms with Crippen LogP contribution in [0.1, 0.15) is 44.7 Å². The predicted molar refractivity (Wildman–Crippen MR) is 95.8 cm³/mol. The van der Waals surface area contributed by atoms with Gasteiger partial charge >= 0.3 is 0 Å². The molecule has 3 atom stereocenters.